The standard InChI is InChI=1S/C9H6BrClN2O2/c10-6-1-2-7-5(9(6)11)3-13(12-7)4-8(14)15/h1-3H,4H2,(H,14,15). The quantitative estimate of drug-likeness (QED) is 0.924. The second-order valence-electron chi connectivity index (χ2n) is 3.01. The van der Waals surface area contributed by atoms with E-state index >= 15 is 0 Å². The van der Waals surface area contributed by atoms with Crippen molar-refractivity contribution < 1.29 is 9.90 Å². The Kier molecular flexibility index (Phi) is 2.67. The zero-order valence-corrected chi connectivity index (χ0v) is 9.79. The van der Waals surface area contributed by atoms with Crippen molar-refractivity contribution in [3.05, 3.63) is 27.8 Å². The second kappa shape index (κ2) is 3.83. The molecule has 0 saturated carbocycles. The Labute approximate surface area is 98.6 Å². The highest BCUT2D eigenvalue weighted by molar-refractivity contribution is 9.10. The highest BCUT2D eigenvalue weighted by atomic mass is 79.9. The van der Waals surface area contributed by atoms with Crippen LogP contribution in [0.5, 0.6) is 0 Å². The van der Waals surface area contributed by atoms with Crippen molar-refractivity contribution in [2.75, 3.05) is 0 Å². The van der Waals surface area contributed by atoms with Gasteiger partial charge in [-0.3, -0.25) is 9.48 Å². The first kappa shape index (κ1) is 10.4. The fourth-order valence-corrected chi connectivity index (χ4v) is 1.86. The Morgan fingerprint density at radius 1 is 1.60 bits per heavy atom. The summed E-state index contributed by atoms with van der Waals surface area (Å²) in [6.45, 7) is -0.164. The Balaban J connectivity index is 2.56. The molecule has 0 aliphatic heterocycles. The van der Waals surface area contributed by atoms with E-state index in [2.05, 4.69) is 21.0 Å². The molecule has 4 nitrogen and oxygen atoms in total. The van der Waals surface area contributed by atoms with Crippen molar-refractivity contribution in [3.63, 3.8) is 0 Å². The molecule has 0 radical (unpaired) electrons. The molecule has 0 fully saturated rings. The maximum atomic E-state index is 10.5. The molecule has 78 valence electrons. The van der Waals surface area contributed by atoms with E-state index < -0.39 is 5.97 Å². The summed E-state index contributed by atoms with van der Waals surface area (Å²) in [5, 5.41) is 14.0. The minimum Gasteiger partial charge on any atom is -0.480 e. The molecule has 0 bridgehead atoms. The molecule has 0 aliphatic carbocycles. The lowest BCUT2D eigenvalue weighted by Crippen LogP contribution is -2.08. The van der Waals surface area contributed by atoms with E-state index in [-0.39, 0.29) is 6.54 Å². The predicted molar refractivity (Wildman–Crippen MR) is 60.1 cm³/mol. The van der Waals surface area contributed by atoms with Gasteiger partial charge in [-0.15, -0.1) is 0 Å². The summed E-state index contributed by atoms with van der Waals surface area (Å²) in [5.74, 6) is -0.932. The van der Waals surface area contributed by atoms with Crippen molar-refractivity contribution in [3.8, 4) is 0 Å². The summed E-state index contributed by atoms with van der Waals surface area (Å²) in [5.41, 5.74) is 0.685. The van der Waals surface area contributed by atoms with Crippen molar-refractivity contribution in [1.29, 1.82) is 0 Å². The highest BCUT2D eigenvalue weighted by Gasteiger charge is 2.08. The maximum absolute atomic E-state index is 10.5. The molecule has 15 heavy (non-hydrogen) atoms. The monoisotopic (exact) mass is 288 g/mol. The smallest absolute Gasteiger partial charge is 0.325 e. The normalized spacial score (nSPS) is 10.8. The van der Waals surface area contributed by atoms with E-state index in [4.69, 9.17) is 16.7 Å². The molecule has 2 rings (SSSR count). The molecule has 1 N–H and O–H groups in total. The number of aromatic nitrogens is 2. The summed E-state index contributed by atoms with van der Waals surface area (Å²) >= 11 is 9.32. The molecule has 0 saturated heterocycles. The van der Waals surface area contributed by atoms with Crippen LogP contribution in [0.2, 0.25) is 5.02 Å². The average Bonchev–Trinajstić information content (AvgIpc) is 2.54. The number of hydrogen-bond acceptors (Lipinski definition) is 2. The average molecular weight is 290 g/mol. The van der Waals surface area contributed by atoms with Gasteiger partial charge in [-0.05, 0) is 28.1 Å². The van der Waals surface area contributed by atoms with Crippen molar-refractivity contribution in [1.82, 2.24) is 9.78 Å². The maximum Gasteiger partial charge on any atom is 0.325 e. The van der Waals surface area contributed by atoms with Gasteiger partial charge in [-0.25, -0.2) is 0 Å². The number of fused-ring (bicyclic) bond motifs is 1. The van der Waals surface area contributed by atoms with Gasteiger partial charge in [0.15, 0.2) is 0 Å². The number of carbonyl (C=O) groups is 1. The van der Waals surface area contributed by atoms with Gasteiger partial charge in [0.25, 0.3) is 0 Å². The SMILES string of the molecule is O=C(O)Cn1cc2c(Cl)c(Br)ccc2n1. The van der Waals surface area contributed by atoms with Crippen molar-refractivity contribution in [2.45, 2.75) is 6.54 Å². The van der Waals surface area contributed by atoms with Crippen LogP contribution in [0, 0.1) is 0 Å². The van der Waals surface area contributed by atoms with Gasteiger partial charge >= 0.3 is 5.97 Å². The molecule has 1 aromatic carbocycles. The minimum atomic E-state index is -0.932. The van der Waals surface area contributed by atoms with Gasteiger partial charge in [0.05, 0.1) is 10.5 Å². The summed E-state index contributed by atoms with van der Waals surface area (Å²) in [6, 6.07) is 3.56. The molecule has 1 heterocycles. The number of carboxylic acids is 1. The van der Waals surface area contributed by atoms with E-state index in [0.29, 0.717) is 10.5 Å². The molecule has 0 spiro atoms. The number of halogens is 2. The Morgan fingerprint density at radius 3 is 3.00 bits per heavy atom. The zero-order valence-electron chi connectivity index (χ0n) is 7.44. The number of rotatable bonds is 2. The summed E-state index contributed by atoms with van der Waals surface area (Å²) < 4.78 is 2.12. The van der Waals surface area contributed by atoms with Gasteiger partial charge in [0.1, 0.15) is 6.54 Å². The molecule has 2 aromatic rings. The zero-order chi connectivity index (χ0) is 11.0. The Bertz CT molecular complexity index is 538. The van der Waals surface area contributed by atoms with Gasteiger partial charge in [0.2, 0.25) is 0 Å². The van der Waals surface area contributed by atoms with E-state index in [9.17, 15) is 4.79 Å². The molecule has 0 unspecified atom stereocenters. The number of benzene rings is 1. The fraction of sp³-hybridized carbons (Fsp3) is 0.111. The van der Waals surface area contributed by atoms with Crippen molar-refractivity contribution >= 4 is 44.4 Å². The van der Waals surface area contributed by atoms with Crippen LogP contribution < -0.4 is 0 Å². The van der Waals surface area contributed by atoms with Gasteiger partial charge in [0, 0.05) is 16.1 Å². The molecular formula is C9H6BrClN2O2. The van der Waals surface area contributed by atoms with Crippen LogP contribution in [0.4, 0.5) is 0 Å². The predicted octanol–water partition coefficient (Wildman–Crippen LogP) is 2.54. The molecule has 0 atom stereocenters. The molecular weight excluding hydrogens is 283 g/mol. The first-order chi connectivity index (χ1) is 7.08. The summed E-state index contributed by atoms with van der Waals surface area (Å²) in [7, 11) is 0. The number of nitrogens with zero attached hydrogens (tertiary/aromatic N) is 2. The topological polar surface area (TPSA) is 55.1 Å². The van der Waals surface area contributed by atoms with Crippen LogP contribution in [-0.4, -0.2) is 20.9 Å². The third kappa shape index (κ3) is 1.98. The van der Waals surface area contributed by atoms with Crippen LogP contribution in [0.3, 0.4) is 0 Å². The van der Waals surface area contributed by atoms with Crippen LogP contribution >= 0.6 is 27.5 Å². The van der Waals surface area contributed by atoms with Gasteiger partial charge < -0.3 is 5.11 Å². The molecule has 0 amide bonds. The first-order valence-electron chi connectivity index (χ1n) is 4.11. The largest absolute Gasteiger partial charge is 0.480 e. The third-order valence-corrected chi connectivity index (χ3v) is 3.22. The molecule has 6 heteroatoms. The summed E-state index contributed by atoms with van der Waals surface area (Å²) in [4.78, 5) is 10.5. The van der Waals surface area contributed by atoms with Crippen LogP contribution in [0.25, 0.3) is 10.9 Å². The summed E-state index contributed by atoms with van der Waals surface area (Å²) in [6.07, 6.45) is 1.62. The first-order valence-corrected chi connectivity index (χ1v) is 5.28. The van der Waals surface area contributed by atoms with E-state index in [0.717, 1.165) is 9.86 Å². The van der Waals surface area contributed by atoms with Crippen LogP contribution in [0.15, 0.2) is 22.8 Å². The number of aliphatic carboxylic acids is 1. The third-order valence-electron chi connectivity index (χ3n) is 1.92. The Hall–Kier alpha value is -1.07. The molecule has 1 aromatic heterocycles. The number of carboxylic acid groups (broad SMARTS) is 1. The van der Waals surface area contributed by atoms with Crippen molar-refractivity contribution in [2.24, 2.45) is 0 Å². The lowest BCUT2D eigenvalue weighted by Gasteiger charge is -1.94. The Morgan fingerprint density at radius 2 is 2.33 bits per heavy atom. The van der Waals surface area contributed by atoms with E-state index in [1.165, 1.54) is 4.68 Å². The molecule has 0 aliphatic rings. The number of hydrogen-bond donors (Lipinski definition) is 1. The lowest BCUT2D eigenvalue weighted by molar-refractivity contribution is -0.137. The highest BCUT2D eigenvalue weighted by Crippen LogP contribution is 2.30. The van der Waals surface area contributed by atoms with E-state index in [1.807, 2.05) is 0 Å². The fourth-order valence-electron chi connectivity index (χ4n) is 1.30. The lowest BCUT2D eigenvalue weighted by atomic mass is 10.3. The minimum absolute atomic E-state index is 0.164. The second-order valence-corrected chi connectivity index (χ2v) is 4.25. The van der Waals surface area contributed by atoms with Crippen LogP contribution in [0.1, 0.15) is 0 Å². The van der Waals surface area contributed by atoms with Crippen LogP contribution in [-0.2, 0) is 11.3 Å². The van der Waals surface area contributed by atoms with E-state index in [1.54, 1.807) is 18.3 Å². The van der Waals surface area contributed by atoms with Gasteiger partial charge in [-0.2, -0.15) is 5.10 Å². The van der Waals surface area contributed by atoms with Gasteiger partial charge in [-0.1, -0.05) is 11.6 Å².